The fourth-order valence-electron chi connectivity index (χ4n) is 1.87. The van der Waals surface area contributed by atoms with Crippen LogP contribution >= 0.6 is 11.6 Å². The van der Waals surface area contributed by atoms with E-state index in [4.69, 9.17) is 22.1 Å². The molecule has 5 heteroatoms. The molecule has 2 aromatic rings. The van der Waals surface area contributed by atoms with Crippen LogP contribution in [0.25, 0.3) is 0 Å². The van der Waals surface area contributed by atoms with Crippen molar-refractivity contribution < 1.29 is 9.53 Å². The summed E-state index contributed by atoms with van der Waals surface area (Å²) < 4.78 is 5.16. The minimum Gasteiger partial charge on any atom is -0.495 e. The lowest BCUT2D eigenvalue weighted by atomic mass is 10.1. The molecule has 4 nitrogen and oxygen atoms in total. The Hall–Kier alpha value is -2.20. The molecule has 0 aliphatic rings. The summed E-state index contributed by atoms with van der Waals surface area (Å²) in [4.78, 5) is 11.3. The SMILES string of the molecule is COc1cc(Nc2ccc(C(C)=O)c(N)c2)ccc1Cl. The van der Waals surface area contributed by atoms with Gasteiger partial charge in [0.25, 0.3) is 0 Å². The fourth-order valence-corrected chi connectivity index (χ4v) is 2.06. The van der Waals surface area contributed by atoms with E-state index in [9.17, 15) is 4.79 Å². The molecule has 2 rings (SSSR count). The van der Waals surface area contributed by atoms with E-state index in [1.165, 1.54) is 6.92 Å². The molecule has 0 spiro atoms. The fraction of sp³-hybridized carbons (Fsp3) is 0.133. The smallest absolute Gasteiger partial charge is 0.161 e. The number of methoxy groups -OCH3 is 1. The predicted octanol–water partition coefficient (Wildman–Crippen LogP) is 3.88. The van der Waals surface area contributed by atoms with Gasteiger partial charge in [0.2, 0.25) is 0 Å². The monoisotopic (exact) mass is 290 g/mol. The van der Waals surface area contributed by atoms with E-state index >= 15 is 0 Å². The molecule has 2 aromatic carbocycles. The molecule has 104 valence electrons. The van der Waals surface area contributed by atoms with Gasteiger partial charge >= 0.3 is 0 Å². The van der Waals surface area contributed by atoms with Crippen molar-refractivity contribution in [2.45, 2.75) is 6.92 Å². The van der Waals surface area contributed by atoms with Crippen LogP contribution < -0.4 is 15.8 Å². The molecule has 0 atom stereocenters. The molecular weight excluding hydrogens is 276 g/mol. The number of rotatable bonds is 4. The number of Topliss-reactive ketones (excluding diaryl/α,β-unsaturated/α-hetero) is 1. The van der Waals surface area contributed by atoms with Gasteiger partial charge in [0.15, 0.2) is 5.78 Å². The molecule has 20 heavy (non-hydrogen) atoms. The lowest BCUT2D eigenvalue weighted by molar-refractivity contribution is 0.101. The predicted molar refractivity (Wildman–Crippen MR) is 82.1 cm³/mol. The molecule has 0 aliphatic heterocycles. The minimum atomic E-state index is -0.0535. The summed E-state index contributed by atoms with van der Waals surface area (Å²) in [5, 5.41) is 3.73. The second kappa shape index (κ2) is 5.84. The second-order valence-corrected chi connectivity index (χ2v) is 4.74. The van der Waals surface area contributed by atoms with Crippen LogP contribution in [0.3, 0.4) is 0 Å². The summed E-state index contributed by atoms with van der Waals surface area (Å²) in [7, 11) is 1.56. The van der Waals surface area contributed by atoms with Crippen LogP contribution in [0.2, 0.25) is 5.02 Å². The van der Waals surface area contributed by atoms with Crippen molar-refractivity contribution in [3.05, 3.63) is 47.0 Å². The van der Waals surface area contributed by atoms with Gasteiger partial charge in [-0.3, -0.25) is 4.79 Å². The maximum absolute atomic E-state index is 11.3. The van der Waals surface area contributed by atoms with Crippen molar-refractivity contribution >= 4 is 34.4 Å². The molecule has 3 N–H and O–H groups in total. The highest BCUT2D eigenvalue weighted by atomic mass is 35.5. The lowest BCUT2D eigenvalue weighted by Crippen LogP contribution is -2.00. The molecular formula is C15H15ClN2O2. The van der Waals surface area contributed by atoms with Crippen molar-refractivity contribution in [3.63, 3.8) is 0 Å². The van der Waals surface area contributed by atoms with Gasteiger partial charge in [-0.25, -0.2) is 0 Å². The Morgan fingerprint density at radius 2 is 1.85 bits per heavy atom. The molecule has 0 unspecified atom stereocenters. The third-order valence-electron chi connectivity index (χ3n) is 2.87. The minimum absolute atomic E-state index is 0.0535. The highest BCUT2D eigenvalue weighted by molar-refractivity contribution is 6.32. The summed E-state index contributed by atoms with van der Waals surface area (Å²) in [6.07, 6.45) is 0. The normalized spacial score (nSPS) is 10.2. The molecule has 0 amide bonds. The number of ether oxygens (including phenoxy) is 1. The highest BCUT2D eigenvalue weighted by Crippen LogP contribution is 2.29. The zero-order valence-electron chi connectivity index (χ0n) is 11.2. The van der Waals surface area contributed by atoms with E-state index < -0.39 is 0 Å². The van der Waals surface area contributed by atoms with Gasteiger partial charge < -0.3 is 15.8 Å². The van der Waals surface area contributed by atoms with Gasteiger partial charge in [-0.05, 0) is 37.3 Å². The number of anilines is 3. The Labute approximate surface area is 122 Å². The number of nitrogen functional groups attached to an aromatic ring is 1. The van der Waals surface area contributed by atoms with Crippen LogP contribution in [-0.4, -0.2) is 12.9 Å². The number of nitrogens with one attached hydrogen (secondary N) is 1. The quantitative estimate of drug-likeness (QED) is 0.662. The summed E-state index contributed by atoms with van der Waals surface area (Å²) in [5.41, 5.74) is 8.42. The van der Waals surface area contributed by atoms with Gasteiger partial charge in [-0.2, -0.15) is 0 Å². The number of hydrogen-bond acceptors (Lipinski definition) is 4. The third-order valence-corrected chi connectivity index (χ3v) is 3.18. The summed E-state index contributed by atoms with van der Waals surface area (Å²) in [6.45, 7) is 1.49. The first-order valence-corrected chi connectivity index (χ1v) is 6.40. The number of hydrogen-bond donors (Lipinski definition) is 2. The Balaban J connectivity index is 2.26. The van der Waals surface area contributed by atoms with E-state index in [1.807, 2.05) is 6.07 Å². The Morgan fingerprint density at radius 3 is 2.45 bits per heavy atom. The van der Waals surface area contributed by atoms with Crippen LogP contribution in [0.4, 0.5) is 17.1 Å². The van der Waals surface area contributed by atoms with Gasteiger partial charge in [-0.1, -0.05) is 11.6 Å². The lowest BCUT2D eigenvalue weighted by Gasteiger charge is -2.11. The maximum atomic E-state index is 11.3. The first-order valence-electron chi connectivity index (χ1n) is 6.02. The molecule has 0 saturated heterocycles. The summed E-state index contributed by atoms with van der Waals surface area (Å²) in [5.74, 6) is 0.534. The molecule has 0 radical (unpaired) electrons. The second-order valence-electron chi connectivity index (χ2n) is 4.33. The molecule has 0 fully saturated rings. The molecule has 0 bridgehead atoms. The Kier molecular flexibility index (Phi) is 4.15. The van der Waals surface area contributed by atoms with Gasteiger partial charge in [-0.15, -0.1) is 0 Å². The summed E-state index contributed by atoms with van der Waals surface area (Å²) in [6, 6.07) is 10.6. The van der Waals surface area contributed by atoms with Crippen LogP contribution in [0.1, 0.15) is 17.3 Å². The molecule has 0 saturated carbocycles. The average Bonchev–Trinajstić information content (AvgIpc) is 2.40. The number of nitrogens with two attached hydrogens (primary N) is 1. The zero-order chi connectivity index (χ0) is 14.7. The van der Waals surface area contributed by atoms with Crippen LogP contribution in [0.5, 0.6) is 5.75 Å². The van der Waals surface area contributed by atoms with Crippen molar-refractivity contribution in [2.75, 3.05) is 18.2 Å². The molecule has 0 heterocycles. The van der Waals surface area contributed by atoms with Crippen molar-refractivity contribution in [1.82, 2.24) is 0 Å². The van der Waals surface area contributed by atoms with Gasteiger partial charge in [0.05, 0.1) is 12.1 Å². The van der Waals surface area contributed by atoms with Crippen LogP contribution in [0.15, 0.2) is 36.4 Å². The third kappa shape index (κ3) is 3.03. The van der Waals surface area contributed by atoms with Crippen molar-refractivity contribution in [1.29, 1.82) is 0 Å². The Morgan fingerprint density at radius 1 is 1.20 bits per heavy atom. The topological polar surface area (TPSA) is 64.3 Å². The van der Waals surface area contributed by atoms with Crippen LogP contribution in [0, 0.1) is 0 Å². The number of carbonyl (C=O) groups excluding carboxylic acids is 1. The molecule has 0 aliphatic carbocycles. The summed E-state index contributed by atoms with van der Waals surface area (Å²) >= 11 is 5.97. The van der Waals surface area contributed by atoms with Gasteiger partial charge in [0, 0.05) is 28.7 Å². The van der Waals surface area contributed by atoms with E-state index in [0.717, 1.165) is 11.4 Å². The van der Waals surface area contributed by atoms with E-state index in [2.05, 4.69) is 5.32 Å². The number of benzene rings is 2. The van der Waals surface area contributed by atoms with Crippen LogP contribution in [-0.2, 0) is 0 Å². The van der Waals surface area contributed by atoms with E-state index in [1.54, 1.807) is 37.4 Å². The first-order chi connectivity index (χ1) is 9.51. The largest absolute Gasteiger partial charge is 0.495 e. The number of halogens is 1. The first kappa shape index (κ1) is 14.2. The molecule has 0 aromatic heterocycles. The van der Waals surface area contributed by atoms with Gasteiger partial charge in [0.1, 0.15) is 5.75 Å². The van der Waals surface area contributed by atoms with Crippen molar-refractivity contribution in [2.24, 2.45) is 0 Å². The highest BCUT2D eigenvalue weighted by Gasteiger charge is 2.06. The zero-order valence-corrected chi connectivity index (χ0v) is 12.0. The maximum Gasteiger partial charge on any atom is 0.161 e. The average molecular weight is 291 g/mol. The number of ketones is 1. The van der Waals surface area contributed by atoms with E-state index in [-0.39, 0.29) is 5.78 Å². The van der Waals surface area contributed by atoms with E-state index in [0.29, 0.717) is 22.0 Å². The van der Waals surface area contributed by atoms with Crippen molar-refractivity contribution in [3.8, 4) is 5.75 Å². The Bertz CT molecular complexity index is 656. The number of carbonyl (C=O) groups is 1. The standard InChI is InChI=1S/C15H15ClN2O2/c1-9(19)12-5-3-10(7-14(12)17)18-11-4-6-13(16)15(8-11)20-2/h3-8,18H,17H2,1-2H3.